The second-order valence-corrected chi connectivity index (χ2v) is 4.66. The van der Waals surface area contributed by atoms with Crippen LogP contribution in [0.25, 0.3) is 22.0 Å². The summed E-state index contributed by atoms with van der Waals surface area (Å²) in [7, 11) is 0. The average molecular weight is 248 g/mol. The van der Waals surface area contributed by atoms with Crippen LogP contribution in [0.5, 0.6) is 0 Å². The van der Waals surface area contributed by atoms with Crippen molar-refractivity contribution >= 4 is 16.6 Å². The van der Waals surface area contributed by atoms with Gasteiger partial charge in [-0.05, 0) is 29.7 Å². The fraction of sp³-hybridized carbons (Fsp3) is 0.118. The summed E-state index contributed by atoms with van der Waals surface area (Å²) in [6.07, 6.45) is 2.76. The topological polar surface area (TPSA) is 38.9 Å². The molecule has 2 nitrogen and oxygen atoms in total. The van der Waals surface area contributed by atoms with Crippen LogP contribution in [0.3, 0.4) is 0 Å². The van der Waals surface area contributed by atoms with E-state index in [0.717, 1.165) is 34.1 Å². The van der Waals surface area contributed by atoms with Gasteiger partial charge in [-0.15, -0.1) is 0 Å². The maximum absolute atomic E-state index is 6.15. The van der Waals surface area contributed by atoms with E-state index in [-0.39, 0.29) is 0 Å². The number of nitrogen functional groups attached to an aromatic ring is 1. The Labute approximate surface area is 112 Å². The predicted octanol–water partition coefficient (Wildman–Crippen LogP) is 4.05. The Morgan fingerprint density at radius 2 is 1.84 bits per heavy atom. The van der Waals surface area contributed by atoms with Gasteiger partial charge in [-0.1, -0.05) is 43.3 Å². The number of rotatable bonds is 2. The van der Waals surface area contributed by atoms with Gasteiger partial charge in [0.2, 0.25) is 0 Å². The molecule has 2 aromatic carbocycles. The van der Waals surface area contributed by atoms with Gasteiger partial charge in [0, 0.05) is 10.9 Å². The minimum atomic E-state index is 0.729. The molecule has 0 aliphatic carbocycles. The lowest BCUT2D eigenvalue weighted by molar-refractivity contribution is 1.14. The van der Waals surface area contributed by atoms with Crippen molar-refractivity contribution in [3.63, 3.8) is 0 Å². The third-order valence-electron chi connectivity index (χ3n) is 3.43. The fourth-order valence-corrected chi connectivity index (χ4v) is 2.40. The first-order valence-electron chi connectivity index (χ1n) is 6.52. The number of nitrogens with zero attached hydrogens (tertiary/aromatic N) is 1. The van der Waals surface area contributed by atoms with Crippen LogP contribution in [-0.2, 0) is 6.42 Å². The quantitative estimate of drug-likeness (QED) is 0.743. The highest BCUT2D eigenvalue weighted by molar-refractivity contribution is 6.00. The number of pyridine rings is 1. The van der Waals surface area contributed by atoms with Gasteiger partial charge in [0.25, 0.3) is 0 Å². The molecule has 0 saturated heterocycles. The van der Waals surface area contributed by atoms with Crippen LogP contribution in [0.15, 0.2) is 54.7 Å². The maximum Gasteiger partial charge on any atom is 0.0710 e. The molecule has 0 unspecified atom stereocenters. The zero-order valence-electron chi connectivity index (χ0n) is 10.9. The highest BCUT2D eigenvalue weighted by Gasteiger charge is 2.09. The average Bonchev–Trinajstić information content (AvgIpc) is 2.47. The molecule has 1 heterocycles. The Balaban J connectivity index is 2.35. The van der Waals surface area contributed by atoms with Crippen molar-refractivity contribution in [2.45, 2.75) is 13.3 Å². The lowest BCUT2D eigenvalue weighted by atomic mass is 9.98. The Hall–Kier alpha value is -2.35. The summed E-state index contributed by atoms with van der Waals surface area (Å²) < 4.78 is 0. The molecule has 0 bridgehead atoms. The first kappa shape index (κ1) is 11.7. The number of nitrogens with two attached hydrogens (primary N) is 1. The van der Waals surface area contributed by atoms with Gasteiger partial charge < -0.3 is 5.73 Å². The summed E-state index contributed by atoms with van der Waals surface area (Å²) in [4.78, 5) is 4.42. The first-order chi connectivity index (χ1) is 9.29. The number of benzene rings is 2. The summed E-state index contributed by atoms with van der Waals surface area (Å²) in [5, 5.41) is 1.13. The van der Waals surface area contributed by atoms with E-state index in [9.17, 15) is 0 Å². The Kier molecular flexibility index (Phi) is 2.92. The molecular formula is C17H16N2. The molecule has 0 fully saturated rings. The Bertz CT molecular complexity index is 718. The minimum Gasteiger partial charge on any atom is -0.397 e. The van der Waals surface area contributed by atoms with Gasteiger partial charge in [0.1, 0.15) is 0 Å². The molecule has 0 saturated carbocycles. The molecule has 0 aliphatic rings. The van der Waals surface area contributed by atoms with Gasteiger partial charge in [0.15, 0.2) is 0 Å². The van der Waals surface area contributed by atoms with Crippen molar-refractivity contribution < 1.29 is 0 Å². The van der Waals surface area contributed by atoms with Gasteiger partial charge in [-0.3, -0.25) is 4.98 Å². The van der Waals surface area contributed by atoms with Crippen LogP contribution in [0.2, 0.25) is 0 Å². The molecule has 0 spiro atoms. The molecule has 3 aromatic rings. The highest BCUT2D eigenvalue weighted by Crippen LogP contribution is 2.33. The standard InChI is InChI=1S/C17H16N2/c1-2-12-8-9-16-14(10-12)17(15(18)11-19-16)13-6-4-3-5-7-13/h3-11H,2,18H2,1H3. The van der Waals surface area contributed by atoms with Crippen molar-refractivity contribution in [2.24, 2.45) is 0 Å². The molecular weight excluding hydrogens is 232 g/mol. The van der Waals surface area contributed by atoms with E-state index < -0.39 is 0 Å². The number of anilines is 1. The van der Waals surface area contributed by atoms with Crippen LogP contribution in [0.1, 0.15) is 12.5 Å². The van der Waals surface area contributed by atoms with Crippen molar-refractivity contribution in [3.8, 4) is 11.1 Å². The van der Waals surface area contributed by atoms with Crippen molar-refractivity contribution in [1.29, 1.82) is 0 Å². The molecule has 94 valence electrons. The fourth-order valence-electron chi connectivity index (χ4n) is 2.40. The molecule has 2 N–H and O–H groups in total. The largest absolute Gasteiger partial charge is 0.397 e. The van der Waals surface area contributed by atoms with Crippen molar-refractivity contribution in [2.75, 3.05) is 5.73 Å². The highest BCUT2D eigenvalue weighted by atomic mass is 14.7. The van der Waals surface area contributed by atoms with E-state index >= 15 is 0 Å². The zero-order chi connectivity index (χ0) is 13.2. The first-order valence-corrected chi connectivity index (χ1v) is 6.52. The lowest BCUT2D eigenvalue weighted by Crippen LogP contribution is -1.94. The molecule has 3 rings (SSSR count). The van der Waals surface area contributed by atoms with E-state index in [0.29, 0.717) is 0 Å². The summed E-state index contributed by atoms with van der Waals surface area (Å²) in [5.41, 5.74) is 11.4. The Morgan fingerprint density at radius 1 is 1.05 bits per heavy atom. The summed E-state index contributed by atoms with van der Waals surface area (Å²) >= 11 is 0. The van der Waals surface area contributed by atoms with E-state index in [4.69, 9.17) is 5.73 Å². The summed E-state index contributed by atoms with van der Waals surface area (Å²) in [6, 6.07) is 16.6. The Morgan fingerprint density at radius 3 is 2.58 bits per heavy atom. The third kappa shape index (κ3) is 2.06. The number of aromatic nitrogens is 1. The molecule has 0 radical (unpaired) electrons. The van der Waals surface area contributed by atoms with Crippen LogP contribution < -0.4 is 5.73 Å². The third-order valence-corrected chi connectivity index (χ3v) is 3.43. The molecule has 0 amide bonds. The number of hydrogen-bond donors (Lipinski definition) is 1. The molecule has 19 heavy (non-hydrogen) atoms. The SMILES string of the molecule is CCc1ccc2ncc(N)c(-c3ccccc3)c2c1. The van der Waals surface area contributed by atoms with Crippen LogP contribution in [0, 0.1) is 0 Å². The van der Waals surface area contributed by atoms with Gasteiger partial charge in [0.05, 0.1) is 17.4 Å². The molecule has 0 atom stereocenters. The normalized spacial score (nSPS) is 10.8. The smallest absolute Gasteiger partial charge is 0.0710 e. The molecule has 1 aromatic heterocycles. The maximum atomic E-state index is 6.15. The molecule has 0 aliphatic heterocycles. The number of aryl methyl sites for hydroxylation is 1. The van der Waals surface area contributed by atoms with Crippen molar-refractivity contribution in [3.05, 3.63) is 60.3 Å². The molecule has 2 heteroatoms. The van der Waals surface area contributed by atoms with Crippen LogP contribution >= 0.6 is 0 Å². The second-order valence-electron chi connectivity index (χ2n) is 4.66. The lowest BCUT2D eigenvalue weighted by Gasteiger charge is -2.11. The van der Waals surface area contributed by atoms with E-state index in [1.54, 1.807) is 6.20 Å². The second kappa shape index (κ2) is 4.73. The van der Waals surface area contributed by atoms with Gasteiger partial charge in [-0.2, -0.15) is 0 Å². The van der Waals surface area contributed by atoms with Gasteiger partial charge in [-0.25, -0.2) is 0 Å². The minimum absolute atomic E-state index is 0.729. The number of fused-ring (bicyclic) bond motifs is 1. The van der Waals surface area contributed by atoms with E-state index in [2.05, 4.69) is 42.2 Å². The zero-order valence-corrected chi connectivity index (χ0v) is 10.9. The van der Waals surface area contributed by atoms with Gasteiger partial charge >= 0.3 is 0 Å². The van der Waals surface area contributed by atoms with Crippen LogP contribution in [0.4, 0.5) is 5.69 Å². The predicted molar refractivity (Wildman–Crippen MR) is 81.0 cm³/mol. The summed E-state index contributed by atoms with van der Waals surface area (Å²) in [6.45, 7) is 2.16. The van der Waals surface area contributed by atoms with Crippen molar-refractivity contribution in [1.82, 2.24) is 4.98 Å². The summed E-state index contributed by atoms with van der Waals surface area (Å²) in [5.74, 6) is 0. The van der Waals surface area contributed by atoms with E-state index in [1.807, 2.05) is 18.2 Å². The number of hydrogen-bond acceptors (Lipinski definition) is 2. The van der Waals surface area contributed by atoms with E-state index in [1.165, 1.54) is 5.56 Å². The monoisotopic (exact) mass is 248 g/mol. The van der Waals surface area contributed by atoms with Crippen LogP contribution in [-0.4, -0.2) is 4.98 Å².